The molecule has 7 heteroatoms. The van der Waals surface area contributed by atoms with Crippen LogP contribution in [0.2, 0.25) is 4.34 Å². The zero-order valence-corrected chi connectivity index (χ0v) is 14.8. The minimum atomic E-state index is -4.36. The van der Waals surface area contributed by atoms with E-state index < -0.39 is 11.7 Å². The van der Waals surface area contributed by atoms with Crippen LogP contribution in [-0.2, 0) is 6.18 Å². The first-order valence-corrected chi connectivity index (χ1v) is 8.37. The molecule has 1 heterocycles. The van der Waals surface area contributed by atoms with E-state index in [1.807, 2.05) is 13.0 Å². The van der Waals surface area contributed by atoms with Crippen LogP contribution in [-0.4, -0.2) is 0 Å². The molecule has 0 fully saturated rings. The molecule has 0 bridgehead atoms. The van der Waals surface area contributed by atoms with Crippen molar-refractivity contribution in [2.75, 3.05) is 0 Å². The average Bonchev–Trinajstić information content (AvgIpc) is 2.68. The molecule has 0 aliphatic rings. The van der Waals surface area contributed by atoms with Crippen LogP contribution in [0.25, 0.3) is 0 Å². The van der Waals surface area contributed by atoms with Gasteiger partial charge in [0.1, 0.15) is 0 Å². The number of halogens is 6. The van der Waals surface area contributed by atoms with E-state index in [1.165, 1.54) is 17.4 Å². The summed E-state index contributed by atoms with van der Waals surface area (Å²) in [5, 5.41) is 0. The summed E-state index contributed by atoms with van der Waals surface area (Å²) in [7, 11) is 0. The summed E-state index contributed by atoms with van der Waals surface area (Å²) in [6, 6.07) is 5.49. The van der Waals surface area contributed by atoms with Gasteiger partial charge >= 0.3 is 6.18 Å². The minimum Gasteiger partial charge on any atom is -0.166 e. The molecule has 0 spiro atoms. The number of alkyl halides is 4. The first kappa shape index (κ1) is 16.3. The van der Waals surface area contributed by atoms with Gasteiger partial charge < -0.3 is 0 Å². The fourth-order valence-corrected chi connectivity index (χ4v) is 4.46. The molecule has 1 unspecified atom stereocenters. The van der Waals surface area contributed by atoms with Crippen LogP contribution in [0.3, 0.4) is 0 Å². The van der Waals surface area contributed by atoms with Crippen LogP contribution in [0.15, 0.2) is 28.7 Å². The van der Waals surface area contributed by atoms with Crippen molar-refractivity contribution in [1.29, 1.82) is 0 Å². The Morgan fingerprint density at radius 2 is 1.90 bits per heavy atom. The lowest BCUT2D eigenvalue weighted by Crippen LogP contribution is -2.06. The van der Waals surface area contributed by atoms with Gasteiger partial charge in [-0.2, -0.15) is 13.2 Å². The lowest BCUT2D eigenvalue weighted by Gasteiger charge is -2.14. The highest BCUT2D eigenvalue weighted by atomic mass is 79.9. The van der Waals surface area contributed by atoms with E-state index in [0.29, 0.717) is 14.4 Å². The number of benzene rings is 1. The van der Waals surface area contributed by atoms with E-state index >= 15 is 0 Å². The van der Waals surface area contributed by atoms with E-state index in [2.05, 4.69) is 31.9 Å². The Morgan fingerprint density at radius 3 is 2.40 bits per heavy atom. The molecule has 1 aromatic heterocycles. The smallest absolute Gasteiger partial charge is 0.166 e. The zero-order valence-electron chi connectivity index (χ0n) is 10.1. The molecule has 0 nitrogen and oxygen atoms in total. The highest BCUT2D eigenvalue weighted by Crippen LogP contribution is 2.43. The van der Waals surface area contributed by atoms with Gasteiger partial charge in [-0.15, -0.1) is 11.3 Å². The van der Waals surface area contributed by atoms with Gasteiger partial charge in [0.25, 0.3) is 0 Å². The van der Waals surface area contributed by atoms with Gasteiger partial charge in [-0.25, -0.2) is 0 Å². The Labute approximate surface area is 140 Å². The molecule has 0 N–H and O–H groups in total. The SMILES string of the molecule is Cc1cc(C(Br)c2cc(C(F)(F)F)ccc2Br)sc1Cl. The largest absolute Gasteiger partial charge is 0.416 e. The Balaban J connectivity index is 2.46. The summed E-state index contributed by atoms with van der Waals surface area (Å²) in [5.41, 5.74) is 0.775. The van der Waals surface area contributed by atoms with Gasteiger partial charge in [-0.05, 0) is 42.3 Å². The number of thiophene rings is 1. The van der Waals surface area contributed by atoms with Crippen LogP contribution >= 0.6 is 54.8 Å². The third-order valence-electron chi connectivity index (χ3n) is 2.72. The predicted molar refractivity (Wildman–Crippen MR) is 84.0 cm³/mol. The van der Waals surface area contributed by atoms with Crippen molar-refractivity contribution in [1.82, 2.24) is 0 Å². The summed E-state index contributed by atoms with van der Waals surface area (Å²) in [4.78, 5) is 0.530. The summed E-state index contributed by atoms with van der Waals surface area (Å²) in [5.74, 6) is 0. The van der Waals surface area contributed by atoms with E-state index in [9.17, 15) is 13.2 Å². The van der Waals surface area contributed by atoms with Crippen molar-refractivity contribution in [3.8, 4) is 0 Å². The molecule has 1 atom stereocenters. The molecule has 0 aliphatic carbocycles. The molecule has 0 saturated carbocycles. The standard InChI is InChI=1S/C13H8Br2ClF3S/c1-6-4-10(20-12(6)16)11(15)8-5-7(13(17,18)19)2-3-9(8)14/h2-5,11H,1H3. The topological polar surface area (TPSA) is 0 Å². The third kappa shape index (κ3) is 3.40. The Bertz CT molecular complexity index is 618. The maximum absolute atomic E-state index is 12.8. The van der Waals surface area contributed by atoms with Gasteiger partial charge in [0, 0.05) is 9.35 Å². The highest BCUT2D eigenvalue weighted by molar-refractivity contribution is 9.11. The zero-order chi connectivity index (χ0) is 15.1. The summed E-state index contributed by atoms with van der Waals surface area (Å²) in [6.45, 7) is 1.86. The van der Waals surface area contributed by atoms with Crippen molar-refractivity contribution >= 4 is 54.8 Å². The first-order valence-electron chi connectivity index (χ1n) is 5.46. The third-order valence-corrected chi connectivity index (χ3v) is 6.35. The van der Waals surface area contributed by atoms with Crippen LogP contribution in [0.4, 0.5) is 13.2 Å². The maximum Gasteiger partial charge on any atom is 0.416 e. The van der Waals surface area contributed by atoms with E-state index in [1.54, 1.807) is 0 Å². The van der Waals surface area contributed by atoms with Crippen LogP contribution in [0.1, 0.15) is 26.4 Å². The molecule has 0 aliphatic heterocycles. The minimum absolute atomic E-state index is 0.338. The molecule has 0 radical (unpaired) electrons. The van der Waals surface area contributed by atoms with Gasteiger partial charge in [-0.3, -0.25) is 0 Å². The molecular weight excluding hydrogens is 440 g/mol. The highest BCUT2D eigenvalue weighted by Gasteiger charge is 2.31. The summed E-state index contributed by atoms with van der Waals surface area (Å²) >= 11 is 14.1. The Hall–Kier alpha value is -0.0400. The van der Waals surface area contributed by atoms with Crippen molar-refractivity contribution in [2.45, 2.75) is 17.9 Å². The predicted octanol–water partition coefficient (Wildman–Crippen LogP) is 6.98. The number of hydrogen-bond donors (Lipinski definition) is 0. The van der Waals surface area contributed by atoms with E-state index in [0.717, 1.165) is 22.6 Å². The molecule has 2 rings (SSSR count). The molecule has 108 valence electrons. The first-order chi connectivity index (χ1) is 9.20. The second-order valence-electron chi connectivity index (χ2n) is 4.20. The van der Waals surface area contributed by atoms with Gasteiger partial charge in [0.15, 0.2) is 0 Å². The quantitative estimate of drug-likeness (QED) is 0.435. The second-order valence-corrected chi connectivity index (χ2v) is 7.66. The molecular formula is C13H8Br2ClF3S. The molecule has 2 aromatic rings. The second kappa shape index (κ2) is 5.99. The molecule has 0 saturated heterocycles. The number of rotatable bonds is 2. The fourth-order valence-electron chi connectivity index (χ4n) is 1.68. The van der Waals surface area contributed by atoms with Crippen LogP contribution < -0.4 is 0 Å². The summed E-state index contributed by atoms with van der Waals surface area (Å²) in [6.07, 6.45) is -4.36. The van der Waals surface area contributed by atoms with E-state index in [4.69, 9.17) is 11.6 Å². The monoisotopic (exact) mass is 446 g/mol. The van der Waals surface area contributed by atoms with Crippen molar-refractivity contribution in [3.05, 3.63) is 54.6 Å². The lowest BCUT2D eigenvalue weighted by atomic mass is 10.1. The van der Waals surface area contributed by atoms with Crippen molar-refractivity contribution in [2.24, 2.45) is 0 Å². The number of hydrogen-bond acceptors (Lipinski definition) is 1. The average molecular weight is 449 g/mol. The normalized spacial score (nSPS) is 13.6. The van der Waals surface area contributed by atoms with Gasteiger partial charge in [0.05, 0.1) is 14.7 Å². The fraction of sp³-hybridized carbons (Fsp3) is 0.231. The molecule has 0 amide bonds. The number of aryl methyl sites for hydroxylation is 1. The van der Waals surface area contributed by atoms with Crippen molar-refractivity contribution < 1.29 is 13.2 Å². The van der Waals surface area contributed by atoms with Crippen LogP contribution in [0.5, 0.6) is 0 Å². The van der Waals surface area contributed by atoms with E-state index in [-0.39, 0.29) is 4.83 Å². The molecule has 20 heavy (non-hydrogen) atoms. The molecule has 1 aromatic carbocycles. The lowest BCUT2D eigenvalue weighted by molar-refractivity contribution is -0.137. The van der Waals surface area contributed by atoms with Crippen LogP contribution in [0, 0.1) is 6.92 Å². The Kier molecular flexibility index (Phi) is 4.89. The van der Waals surface area contributed by atoms with Crippen molar-refractivity contribution in [3.63, 3.8) is 0 Å². The summed E-state index contributed by atoms with van der Waals surface area (Å²) < 4.78 is 39.6. The maximum atomic E-state index is 12.8. The van der Waals surface area contributed by atoms with Gasteiger partial charge in [-0.1, -0.05) is 43.5 Å². The Morgan fingerprint density at radius 1 is 1.25 bits per heavy atom. The van der Waals surface area contributed by atoms with Gasteiger partial charge in [0.2, 0.25) is 0 Å².